The van der Waals surface area contributed by atoms with Gasteiger partial charge in [0.2, 0.25) is 0 Å². The zero-order valence-electron chi connectivity index (χ0n) is 12.4. The first-order valence-electron chi connectivity index (χ1n) is 6.72. The Labute approximate surface area is 125 Å². The van der Waals surface area contributed by atoms with Crippen molar-refractivity contribution in [2.45, 2.75) is 25.2 Å². The van der Waals surface area contributed by atoms with Crippen molar-refractivity contribution in [1.82, 2.24) is 0 Å². The van der Waals surface area contributed by atoms with Crippen LogP contribution in [-0.2, 0) is 16.4 Å². The molecule has 0 aromatic heterocycles. The number of ether oxygens (including phenoxy) is 1. The highest BCUT2D eigenvalue weighted by Crippen LogP contribution is 2.27. The lowest BCUT2D eigenvalue weighted by Crippen LogP contribution is -2.14. The van der Waals surface area contributed by atoms with Crippen LogP contribution in [0.25, 0.3) is 0 Å². The topological polar surface area (TPSA) is 55.4 Å². The molecule has 0 atom stereocenters. The molecule has 0 radical (unpaired) electrons. The van der Waals surface area contributed by atoms with Gasteiger partial charge in [0.25, 0.3) is 10.0 Å². The smallest absolute Gasteiger partial charge is 0.265 e. The second-order valence-electron chi connectivity index (χ2n) is 4.81. The molecule has 0 aliphatic rings. The quantitative estimate of drug-likeness (QED) is 0.921. The summed E-state index contributed by atoms with van der Waals surface area (Å²) >= 11 is 0. The fourth-order valence-electron chi connectivity index (χ4n) is 2.06. The highest BCUT2D eigenvalue weighted by molar-refractivity contribution is 7.92. The molecule has 0 aliphatic carbocycles. The molecule has 4 nitrogen and oxygen atoms in total. The lowest BCUT2D eigenvalue weighted by molar-refractivity contribution is 0.402. The molecule has 5 heteroatoms. The van der Waals surface area contributed by atoms with E-state index in [0.29, 0.717) is 11.4 Å². The first-order chi connectivity index (χ1) is 9.96. The Morgan fingerprint density at radius 1 is 1.14 bits per heavy atom. The summed E-state index contributed by atoms with van der Waals surface area (Å²) in [6.07, 6.45) is 0.851. The molecule has 0 saturated carbocycles. The minimum atomic E-state index is -3.68. The number of rotatable bonds is 5. The van der Waals surface area contributed by atoms with E-state index in [2.05, 4.69) is 4.72 Å². The third-order valence-electron chi connectivity index (χ3n) is 3.20. The van der Waals surface area contributed by atoms with E-state index in [-0.39, 0.29) is 4.90 Å². The number of sulfonamides is 1. The van der Waals surface area contributed by atoms with Gasteiger partial charge in [-0.2, -0.15) is 0 Å². The van der Waals surface area contributed by atoms with E-state index in [1.165, 1.54) is 7.11 Å². The van der Waals surface area contributed by atoms with Gasteiger partial charge in [-0.1, -0.05) is 25.1 Å². The minimum Gasteiger partial charge on any atom is -0.495 e. The number of aryl methyl sites for hydroxylation is 2. The third-order valence-corrected chi connectivity index (χ3v) is 4.60. The molecule has 0 unspecified atom stereocenters. The van der Waals surface area contributed by atoms with Crippen LogP contribution >= 0.6 is 0 Å². The van der Waals surface area contributed by atoms with E-state index in [1.54, 1.807) is 18.2 Å². The van der Waals surface area contributed by atoms with Crippen molar-refractivity contribution in [3.05, 3.63) is 53.6 Å². The van der Waals surface area contributed by atoms with Crippen LogP contribution in [-0.4, -0.2) is 15.5 Å². The van der Waals surface area contributed by atoms with Crippen molar-refractivity contribution >= 4 is 15.7 Å². The Kier molecular flexibility index (Phi) is 4.53. The van der Waals surface area contributed by atoms with Gasteiger partial charge in [-0.15, -0.1) is 0 Å². The number of methoxy groups -OCH3 is 1. The van der Waals surface area contributed by atoms with E-state index in [9.17, 15) is 8.42 Å². The third kappa shape index (κ3) is 3.55. The normalized spacial score (nSPS) is 11.2. The van der Waals surface area contributed by atoms with Crippen molar-refractivity contribution in [2.75, 3.05) is 11.8 Å². The molecule has 2 aromatic carbocycles. The Morgan fingerprint density at radius 2 is 1.90 bits per heavy atom. The highest BCUT2D eigenvalue weighted by Gasteiger charge is 2.19. The Bertz CT molecular complexity index is 739. The second-order valence-corrected chi connectivity index (χ2v) is 6.46. The van der Waals surface area contributed by atoms with Gasteiger partial charge in [0, 0.05) is 5.69 Å². The van der Waals surface area contributed by atoms with E-state index in [4.69, 9.17) is 4.74 Å². The maximum atomic E-state index is 12.5. The molecular weight excluding hydrogens is 286 g/mol. The molecule has 112 valence electrons. The number of hydrogen-bond acceptors (Lipinski definition) is 3. The monoisotopic (exact) mass is 305 g/mol. The van der Waals surface area contributed by atoms with E-state index in [1.807, 2.05) is 38.1 Å². The minimum absolute atomic E-state index is 0.145. The van der Waals surface area contributed by atoms with Crippen molar-refractivity contribution in [2.24, 2.45) is 0 Å². The molecule has 0 bridgehead atoms. The van der Waals surface area contributed by atoms with Crippen molar-refractivity contribution < 1.29 is 13.2 Å². The van der Waals surface area contributed by atoms with Crippen LogP contribution in [0.1, 0.15) is 18.1 Å². The van der Waals surface area contributed by atoms with Crippen LogP contribution in [0.5, 0.6) is 5.75 Å². The van der Waals surface area contributed by atoms with E-state index >= 15 is 0 Å². The molecule has 21 heavy (non-hydrogen) atoms. The first-order valence-corrected chi connectivity index (χ1v) is 8.21. The predicted molar refractivity (Wildman–Crippen MR) is 84.4 cm³/mol. The van der Waals surface area contributed by atoms with Crippen LogP contribution in [0.15, 0.2) is 47.4 Å². The SMILES string of the molecule is CCc1cccc(NS(=O)(=O)c2cc(C)ccc2OC)c1. The van der Waals surface area contributed by atoms with Crippen LogP contribution in [0.2, 0.25) is 0 Å². The predicted octanol–water partition coefficient (Wildman–Crippen LogP) is 3.37. The van der Waals surface area contributed by atoms with Crippen LogP contribution in [0.4, 0.5) is 5.69 Å². The summed E-state index contributed by atoms with van der Waals surface area (Å²) in [5.74, 6) is 0.333. The molecule has 0 heterocycles. The van der Waals surface area contributed by atoms with Gasteiger partial charge in [-0.05, 0) is 48.7 Å². The number of hydrogen-bond donors (Lipinski definition) is 1. The lowest BCUT2D eigenvalue weighted by Gasteiger charge is -2.12. The Morgan fingerprint density at radius 3 is 2.57 bits per heavy atom. The highest BCUT2D eigenvalue weighted by atomic mass is 32.2. The van der Waals surface area contributed by atoms with Gasteiger partial charge in [0.1, 0.15) is 10.6 Å². The van der Waals surface area contributed by atoms with E-state index in [0.717, 1.165) is 17.5 Å². The fourth-order valence-corrected chi connectivity index (χ4v) is 3.36. The average Bonchev–Trinajstić information content (AvgIpc) is 2.47. The second kappa shape index (κ2) is 6.18. The number of benzene rings is 2. The lowest BCUT2D eigenvalue weighted by atomic mass is 10.1. The van der Waals surface area contributed by atoms with Gasteiger partial charge in [0.15, 0.2) is 0 Å². The summed E-state index contributed by atoms with van der Waals surface area (Å²) in [5.41, 5.74) is 2.49. The molecule has 0 aliphatic heterocycles. The zero-order chi connectivity index (χ0) is 15.5. The van der Waals surface area contributed by atoms with Crippen LogP contribution in [0, 0.1) is 6.92 Å². The van der Waals surface area contributed by atoms with Gasteiger partial charge < -0.3 is 4.74 Å². The molecule has 0 saturated heterocycles. The summed E-state index contributed by atoms with van der Waals surface area (Å²) in [4.78, 5) is 0.145. The summed E-state index contributed by atoms with van der Waals surface area (Å²) in [6.45, 7) is 3.87. The maximum Gasteiger partial charge on any atom is 0.265 e. The largest absolute Gasteiger partial charge is 0.495 e. The molecule has 0 fully saturated rings. The van der Waals surface area contributed by atoms with Gasteiger partial charge in [-0.3, -0.25) is 4.72 Å². The van der Waals surface area contributed by atoms with Gasteiger partial charge in [-0.25, -0.2) is 8.42 Å². The Balaban J connectivity index is 2.40. The van der Waals surface area contributed by atoms with Crippen molar-refractivity contribution in [1.29, 1.82) is 0 Å². The van der Waals surface area contributed by atoms with Crippen molar-refractivity contribution in [3.63, 3.8) is 0 Å². The average molecular weight is 305 g/mol. The molecule has 0 amide bonds. The fraction of sp³-hybridized carbons (Fsp3) is 0.250. The molecule has 0 spiro atoms. The number of nitrogens with one attached hydrogen (secondary N) is 1. The first kappa shape index (κ1) is 15.4. The number of anilines is 1. The summed E-state index contributed by atoms with van der Waals surface area (Å²) in [7, 11) is -2.22. The van der Waals surface area contributed by atoms with Gasteiger partial charge in [0.05, 0.1) is 7.11 Å². The van der Waals surface area contributed by atoms with Crippen LogP contribution in [0.3, 0.4) is 0 Å². The standard InChI is InChI=1S/C16H19NO3S/c1-4-13-6-5-7-14(11-13)17-21(18,19)16-10-12(2)8-9-15(16)20-3/h5-11,17H,4H2,1-3H3. The Hall–Kier alpha value is -2.01. The zero-order valence-corrected chi connectivity index (χ0v) is 13.2. The summed E-state index contributed by atoms with van der Waals surface area (Å²) < 4.78 is 32.8. The molecule has 2 aromatic rings. The summed E-state index contributed by atoms with van der Waals surface area (Å²) in [6, 6.07) is 12.4. The maximum absolute atomic E-state index is 12.5. The molecular formula is C16H19NO3S. The molecule has 2 rings (SSSR count). The van der Waals surface area contributed by atoms with Crippen LogP contribution < -0.4 is 9.46 Å². The summed E-state index contributed by atoms with van der Waals surface area (Å²) in [5, 5.41) is 0. The molecule has 1 N–H and O–H groups in total. The van der Waals surface area contributed by atoms with E-state index < -0.39 is 10.0 Å². The van der Waals surface area contributed by atoms with Gasteiger partial charge >= 0.3 is 0 Å². The van der Waals surface area contributed by atoms with Crippen molar-refractivity contribution in [3.8, 4) is 5.75 Å².